The minimum absolute atomic E-state index is 0.0935. The van der Waals surface area contributed by atoms with Crippen molar-refractivity contribution in [2.24, 2.45) is 0 Å². The van der Waals surface area contributed by atoms with E-state index in [1.807, 2.05) is 0 Å². The SMILES string of the molecule is COC(OC)C(C)Nc1ccccc1N1CCCCC1. The van der Waals surface area contributed by atoms with Gasteiger partial charge in [0, 0.05) is 27.3 Å². The number of ether oxygens (including phenoxy) is 2. The van der Waals surface area contributed by atoms with Gasteiger partial charge in [-0.2, -0.15) is 0 Å². The number of piperidine rings is 1. The smallest absolute Gasteiger partial charge is 0.176 e. The number of nitrogens with one attached hydrogen (secondary N) is 1. The minimum Gasteiger partial charge on any atom is -0.376 e. The second kappa shape index (κ2) is 7.50. The molecule has 112 valence electrons. The first-order valence-corrected chi connectivity index (χ1v) is 7.42. The van der Waals surface area contributed by atoms with Gasteiger partial charge in [-0.25, -0.2) is 0 Å². The molecule has 0 radical (unpaired) electrons. The van der Waals surface area contributed by atoms with Gasteiger partial charge in [0.1, 0.15) is 0 Å². The largest absolute Gasteiger partial charge is 0.376 e. The Labute approximate surface area is 122 Å². The third-order valence-corrected chi connectivity index (χ3v) is 3.86. The third kappa shape index (κ3) is 3.64. The zero-order valence-corrected chi connectivity index (χ0v) is 12.8. The van der Waals surface area contributed by atoms with E-state index in [9.17, 15) is 0 Å². The molecule has 1 unspecified atom stereocenters. The molecular formula is C16H26N2O2. The molecule has 1 aromatic rings. The van der Waals surface area contributed by atoms with Gasteiger partial charge in [-0.1, -0.05) is 12.1 Å². The van der Waals surface area contributed by atoms with Crippen molar-refractivity contribution in [2.45, 2.75) is 38.5 Å². The number of nitrogens with zero attached hydrogens (tertiary/aromatic N) is 1. The molecule has 0 aliphatic carbocycles. The Morgan fingerprint density at radius 3 is 2.35 bits per heavy atom. The number of para-hydroxylation sites is 2. The Hall–Kier alpha value is -1.26. The van der Waals surface area contributed by atoms with Gasteiger partial charge in [0.05, 0.1) is 17.4 Å². The lowest BCUT2D eigenvalue weighted by Gasteiger charge is -2.32. The Bertz CT molecular complexity index is 401. The van der Waals surface area contributed by atoms with Gasteiger partial charge in [-0.15, -0.1) is 0 Å². The monoisotopic (exact) mass is 278 g/mol. The number of rotatable bonds is 6. The van der Waals surface area contributed by atoms with Crippen LogP contribution in [-0.4, -0.2) is 39.6 Å². The van der Waals surface area contributed by atoms with E-state index in [0.29, 0.717) is 0 Å². The van der Waals surface area contributed by atoms with E-state index < -0.39 is 0 Å². The maximum atomic E-state index is 5.32. The molecule has 0 saturated carbocycles. The van der Waals surface area contributed by atoms with Gasteiger partial charge >= 0.3 is 0 Å². The second-order valence-electron chi connectivity index (χ2n) is 5.34. The predicted molar refractivity (Wildman–Crippen MR) is 83.4 cm³/mol. The molecule has 1 aliphatic rings. The molecule has 1 N–H and O–H groups in total. The summed E-state index contributed by atoms with van der Waals surface area (Å²) in [5.41, 5.74) is 2.44. The van der Waals surface area contributed by atoms with E-state index in [0.717, 1.165) is 18.8 Å². The molecule has 1 aromatic carbocycles. The summed E-state index contributed by atoms with van der Waals surface area (Å²) in [7, 11) is 3.34. The molecule has 4 nitrogen and oxygen atoms in total. The van der Waals surface area contributed by atoms with Crippen molar-refractivity contribution in [3.05, 3.63) is 24.3 Å². The van der Waals surface area contributed by atoms with Crippen molar-refractivity contribution in [2.75, 3.05) is 37.5 Å². The van der Waals surface area contributed by atoms with E-state index in [-0.39, 0.29) is 12.3 Å². The van der Waals surface area contributed by atoms with Crippen molar-refractivity contribution < 1.29 is 9.47 Å². The zero-order valence-electron chi connectivity index (χ0n) is 12.8. The summed E-state index contributed by atoms with van der Waals surface area (Å²) in [4.78, 5) is 2.47. The Morgan fingerprint density at radius 2 is 1.70 bits per heavy atom. The van der Waals surface area contributed by atoms with Crippen LogP contribution in [0.25, 0.3) is 0 Å². The Morgan fingerprint density at radius 1 is 1.05 bits per heavy atom. The van der Waals surface area contributed by atoms with E-state index in [1.54, 1.807) is 14.2 Å². The first kappa shape index (κ1) is 15.1. The van der Waals surface area contributed by atoms with Gasteiger partial charge in [-0.3, -0.25) is 0 Å². The van der Waals surface area contributed by atoms with Crippen molar-refractivity contribution >= 4 is 11.4 Å². The highest BCUT2D eigenvalue weighted by Crippen LogP contribution is 2.29. The normalized spacial score (nSPS) is 17.3. The molecular weight excluding hydrogens is 252 g/mol. The lowest BCUT2D eigenvalue weighted by atomic mass is 10.1. The lowest BCUT2D eigenvalue weighted by molar-refractivity contribution is -0.109. The van der Waals surface area contributed by atoms with Crippen molar-refractivity contribution in [3.63, 3.8) is 0 Å². The van der Waals surface area contributed by atoms with Crippen LogP contribution in [0.2, 0.25) is 0 Å². The molecule has 0 bridgehead atoms. The minimum atomic E-state index is -0.246. The lowest BCUT2D eigenvalue weighted by Crippen LogP contribution is -2.35. The summed E-state index contributed by atoms with van der Waals surface area (Å²) in [6.45, 7) is 4.36. The second-order valence-corrected chi connectivity index (χ2v) is 5.34. The highest BCUT2D eigenvalue weighted by Gasteiger charge is 2.19. The van der Waals surface area contributed by atoms with Crippen LogP contribution >= 0.6 is 0 Å². The fourth-order valence-corrected chi connectivity index (χ4v) is 2.82. The van der Waals surface area contributed by atoms with Crippen LogP contribution in [0.15, 0.2) is 24.3 Å². The maximum absolute atomic E-state index is 5.32. The molecule has 1 aliphatic heterocycles. The van der Waals surface area contributed by atoms with Crippen LogP contribution < -0.4 is 10.2 Å². The van der Waals surface area contributed by atoms with Gasteiger partial charge in [0.2, 0.25) is 0 Å². The number of hydrogen-bond acceptors (Lipinski definition) is 4. The van der Waals surface area contributed by atoms with Crippen LogP contribution in [-0.2, 0) is 9.47 Å². The Balaban J connectivity index is 2.10. The highest BCUT2D eigenvalue weighted by molar-refractivity contribution is 5.70. The van der Waals surface area contributed by atoms with E-state index >= 15 is 0 Å². The fourth-order valence-electron chi connectivity index (χ4n) is 2.82. The van der Waals surface area contributed by atoms with E-state index in [4.69, 9.17) is 9.47 Å². The first-order chi connectivity index (χ1) is 9.76. The molecule has 1 saturated heterocycles. The molecule has 0 spiro atoms. The van der Waals surface area contributed by atoms with E-state index in [2.05, 4.69) is 41.4 Å². The number of anilines is 2. The summed E-state index contributed by atoms with van der Waals surface area (Å²) in [5, 5.41) is 3.52. The van der Waals surface area contributed by atoms with Gasteiger partial charge in [0.25, 0.3) is 0 Å². The molecule has 0 aromatic heterocycles. The van der Waals surface area contributed by atoms with Crippen LogP contribution in [0.3, 0.4) is 0 Å². The Kier molecular flexibility index (Phi) is 5.68. The maximum Gasteiger partial charge on any atom is 0.176 e. The molecule has 4 heteroatoms. The van der Waals surface area contributed by atoms with Crippen LogP contribution in [0.4, 0.5) is 11.4 Å². The highest BCUT2D eigenvalue weighted by atomic mass is 16.7. The quantitative estimate of drug-likeness (QED) is 0.811. The molecule has 2 rings (SSSR count). The molecule has 1 heterocycles. The number of hydrogen-bond donors (Lipinski definition) is 1. The molecule has 1 atom stereocenters. The van der Waals surface area contributed by atoms with Crippen molar-refractivity contribution in [1.82, 2.24) is 0 Å². The van der Waals surface area contributed by atoms with Crippen LogP contribution in [0.5, 0.6) is 0 Å². The summed E-state index contributed by atoms with van der Waals surface area (Å²) in [6.07, 6.45) is 3.66. The average Bonchev–Trinajstić information content (AvgIpc) is 2.50. The molecule has 1 fully saturated rings. The predicted octanol–water partition coefficient (Wildman–Crippen LogP) is 3.10. The van der Waals surface area contributed by atoms with E-state index in [1.165, 1.54) is 24.9 Å². The van der Waals surface area contributed by atoms with Gasteiger partial charge < -0.3 is 19.7 Å². The van der Waals surface area contributed by atoms with Crippen LogP contribution in [0, 0.1) is 0 Å². The average molecular weight is 278 g/mol. The van der Waals surface area contributed by atoms with Crippen LogP contribution in [0.1, 0.15) is 26.2 Å². The standard InChI is InChI=1S/C16H26N2O2/c1-13(16(19-2)20-3)17-14-9-5-6-10-15(14)18-11-7-4-8-12-18/h5-6,9-10,13,16-17H,4,7-8,11-12H2,1-3H3. The van der Waals surface area contributed by atoms with Gasteiger partial charge in [-0.05, 0) is 38.3 Å². The van der Waals surface area contributed by atoms with Gasteiger partial charge in [0.15, 0.2) is 6.29 Å². The molecule has 0 amide bonds. The summed E-state index contributed by atoms with van der Waals surface area (Å²) >= 11 is 0. The van der Waals surface area contributed by atoms with Crippen molar-refractivity contribution in [3.8, 4) is 0 Å². The molecule has 20 heavy (non-hydrogen) atoms. The third-order valence-electron chi connectivity index (χ3n) is 3.86. The summed E-state index contributed by atoms with van der Waals surface area (Å²) in [5.74, 6) is 0. The summed E-state index contributed by atoms with van der Waals surface area (Å²) < 4.78 is 10.6. The summed E-state index contributed by atoms with van der Waals surface area (Å²) in [6, 6.07) is 8.58. The number of benzene rings is 1. The first-order valence-electron chi connectivity index (χ1n) is 7.42. The van der Waals surface area contributed by atoms with Crippen molar-refractivity contribution in [1.29, 1.82) is 0 Å². The topological polar surface area (TPSA) is 33.7 Å². The zero-order chi connectivity index (χ0) is 14.4. The number of methoxy groups -OCH3 is 2. The fraction of sp³-hybridized carbons (Fsp3) is 0.625.